The number of hydrogen-bond acceptors (Lipinski definition) is 6. The topological polar surface area (TPSA) is 112 Å². The Labute approximate surface area is 211 Å². The second kappa shape index (κ2) is 14.5. The fourth-order valence-electron chi connectivity index (χ4n) is 3.70. The Morgan fingerprint density at radius 1 is 1.09 bits per heavy atom. The predicted octanol–water partition coefficient (Wildman–Crippen LogP) is 4.22. The number of aromatic nitrogens is 1. The second-order valence-electron chi connectivity index (χ2n) is 8.99. The number of carbonyl (C=O) groups excluding carboxylic acids is 3. The standard InChI is InChI=1S/C26H36N4O4S/c1-5-19(4)24(26(33)28-23-13-9-10-14-27-23)29-25(32)21(15-18(2)3)22(30(34)17-31)16-35-20-11-7-6-8-12-20/h6-14,17-19,21-22,24,34H,5,15-16H2,1-4H3,(H,29,32)(H,27,28,33)/t19-,21+,22-,24-/m0/s1. The fourth-order valence-corrected chi connectivity index (χ4v) is 4.80. The van der Waals surface area contributed by atoms with Crippen LogP contribution in [0, 0.1) is 17.8 Å². The molecule has 0 saturated carbocycles. The van der Waals surface area contributed by atoms with E-state index in [0.29, 0.717) is 35.9 Å². The van der Waals surface area contributed by atoms with Crippen LogP contribution in [0.15, 0.2) is 59.6 Å². The van der Waals surface area contributed by atoms with Gasteiger partial charge >= 0.3 is 0 Å². The molecule has 0 saturated heterocycles. The van der Waals surface area contributed by atoms with Crippen molar-refractivity contribution in [3.8, 4) is 0 Å². The molecule has 2 aromatic rings. The van der Waals surface area contributed by atoms with E-state index < -0.39 is 18.0 Å². The number of benzene rings is 1. The van der Waals surface area contributed by atoms with Crippen LogP contribution >= 0.6 is 11.8 Å². The molecule has 0 aliphatic carbocycles. The van der Waals surface area contributed by atoms with Crippen molar-refractivity contribution in [3.63, 3.8) is 0 Å². The van der Waals surface area contributed by atoms with Gasteiger partial charge in [-0.3, -0.25) is 19.6 Å². The maximum absolute atomic E-state index is 13.6. The Morgan fingerprint density at radius 2 is 1.77 bits per heavy atom. The Balaban J connectivity index is 2.25. The summed E-state index contributed by atoms with van der Waals surface area (Å²) in [5.74, 6) is -0.747. The van der Waals surface area contributed by atoms with Crippen LogP contribution in [0.25, 0.3) is 0 Å². The maximum Gasteiger partial charge on any atom is 0.248 e. The quantitative estimate of drug-likeness (QED) is 0.155. The third-order valence-corrected chi connectivity index (χ3v) is 6.96. The molecule has 0 unspecified atom stereocenters. The monoisotopic (exact) mass is 500 g/mol. The van der Waals surface area contributed by atoms with Crippen LogP contribution in [-0.4, -0.2) is 51.3 Å². The molecule has 2 rings (SSSR count). The summed E-state index contributed by atoms with van der Waals surface area (Å²) < 4.78 is 0. The number of thioether (sulfide) groups is 1. The molecule has 3 N–H and O–H groups in total. The molecular formula is C26H36N4O4S. The summed E-state index contributed by atoms with van der Waals surface area (Å²) >= 11 is 1.45. The van der Waals surface area contributed by atoms with Crippen molar-refractivity contribution in [1.82, 2.24) is 15.4 Å². The lowest BCUT2D eigenvalue weighted by molar-refractivity contribution is -0.166. The first-order chi connectivity index (χ1) is 16.8. The van der Waals surface area contributed by atoms with Crippen LogP contribution in [-0.2, 0) is 14.4 Å². The average Bonchev–Trinajstić information content (AvgIpc) is 2.86. The first-order valence-corrected chi connectivity index (χ1v) is 12.9. The molecule has 4 atom stereocenters. The van der Waals surface area contributed by atoms with Crippen LogP contribution in [0.5, 0.6) is 0 Å². The van der Waals surface area contributed by atoms with Crippen LogP contribution in [0.3, 0.4) is 0 Å². The third kappa shape index (κ3) is 8.99. The first kappa shape index (κ1) is 28.3. The van der Waals surface area contributed by atoms with Crippen LogP contribution in [0.1, 0.15) is 40.5 Å². The SMILES string of the molecule is CC[C@H](C)[C@H](NC(=O)[C@H](CC(C)C)[C@H](CSc1ccccc1)N(O)C=O)C(=O)Nc1ccccn1. The smallest absolute Gasteiger partial charge is 0.248 e. The van der Waals surface area contributed by atoms with Gasteiger partial charge in [0.05, 0.1) is 12.0 Å². The van der Waals surface area contributed by atoms with Crippen molar-refractivity contribution in [2.24, 2.45) is 17.8 Å². The lowest BCUT2D eigenvalue weighted by Gasteiger charge is -2.33. The van der Waals surface area contributed by atoms with E-state index >= 15 is 0 Å². The minimum absolute atomic E-state index is 0.124. The van der Waals surface area contributed by atoms with E-state index in [-0.39, 0.29) is 23.7 Å². The van der Waals surface area contributed by atoms with E-state index in [1.807, 2.05) is 58.0 Å². The van der Waals surface area contributed by atoms with Gasteiger partial charge in [0, 0.05) is 16.8 Å². The molecule has 0 aliphatic heterocycles. The largest absolute Gasteiger partial charge is 0.344 e. The number of rotatable bonds is 14. The van der Waals surface area contributed by atoms with E-state index in [9.17, 15) is 19.6 Å². The Kier molecular flexibility index (Phi) is 11.7. The van der Waals surface area contributed by atoms with Crippen LogP contribution in [0.4, 0.5) is 5.82 Å². The number of anilines is 1. The normalized spacial score (nSPS) is 14.5. The lowest BCUT2D eigenvalue weighted by atomic mass is 9.89. The predicted molar refractivity (Wildman–Crippen MR) is 138 cm³/mol. The molecule has 190 valence electrons. The van der Waals surface area contributed by atoms with Crippen molar-refractivity contribution in [1.29, 1.82) is 0 Å². The number of hydrogen-bond donors (Lipinski definition) is 3. The van der Waals surface area contributed by atoms with Gasteiger partial charge in [-0.25, -0.2) is 10.0 Å². The average molecular weight is 501 g/mol. The van der Waals surface area contributed by atoms with Gasteiger partial charge in [0.25, 0.3) is 0 Å². The molecular weight excluding hydrogens is 464 g/mol. The van der Waals surface area contributed by atoms with Gasteiger partial charge in [-0.2, -0.15) is 0 Å². The zero-order valence-electron chi connectivity index (χ0n) is 20.8. The zero-order chi connectivity index (χ0) is 25.8. The molecule has 0 spiro atoms. The Bertz CT molecular complexity index is 929. The zero-order valence-corrected chi connectivity index (χ0v) is 21.6. The van der Waals surface area contributed by atoms with Crippen molar-refractivity contribution >= 4 is 35.8 Å². The fraction of sp³-hybridized carbons (Fsp3) is 0.462. The van der Waals surface area contributed by atoms with E-state index in [1.165, 1.54) is 11.8 Å². The van der Waals surface area contributed by atoms with Gasteiger partial charge < -0.3 is 10.6 Å². The molecule has 1 aromatic carbocycles. The molecule has 8 nitrogen and oxygen atoms in total. The van der Waals surface area contributed by atoms with Gasteiger partial charge in [-0.15, -0.1) is 11.8 Å². The second-order valence-corrected chi connectivity index (χ2v) is 10.1. The summed E-state index contributed by atoms with van der Waals surface area (Å²) in [5, 5.41) is 16.7. The molecule has 0 bridgehead atoms. The highest BCUT2D eigenvalue weighted by molar-refractivity contribution is 7.99. The van der Waals surface area contributed by atoms with Crippen molar-refractivity contribution in [2.45, 2.75) is 57.5 Å². The summed E-state index contributed by atoms with van der Waals surface area (Å²) in [6.07, 6.45) is 3.02. The molecule has 0 aliphatic rings. The molecule has 1 aromatic heterocycles. The number of amides is 3. The molecule has 1 heterocycles. The van der Waals surface area contributed by atoms with E-state index in [0.717, 1.165) is 4.90 Å². The maximum atomic E-state index is 13.6. The minimum Gasteiger partial charge on any atom is -0.344 e. The van der Waals surface area contributed by atoms with E-state index in [4.69, 9.17) is 0 Å². The summed E-state index contributed by atoms with van der Waals surface area (Å²) in [6.45, 7) is 7.80. The molecule has 9 heteroatoms. The number of hydroxylamine groups is 2. The third-order valence-electron chi connectivity index (χ3n) is 5.85. The summed E-state index contributed by atoms with van der Waals surface area (Å²) in [5.41, 5.74) is 0. The van der Waals surface area contributed by atoms with Gasteiger partial charge in [0.15, 0.2) is 0 Å². The van der Waals surface area contributed by atoms with Gasteiger partial charge in [0.1, 0.15) is 11.9 Å². The Morgan fingerprint density at radius 3 is 2.34 bits per heavy atom. The highest BCUT2D eigenvalue weighted by Gasteiger charge is 2.36. The van der Waals surface area contributed by atoms with E-state index in [1.54, 1.807) is 24.4 Å². The molecule has 35 heavy (non-hydrogen) atoms. The highest BCUT2D eigenvalue weighted by atomic mass is 32.2. The molecule has 3 amide bonds. The molecule has 0 radical (unpaired) electrons. The number of carbonyl (C=O) groups is 3. The lowest BCUT2D eigenvalue weighted by Crippen LogP contribution is -2.53. The van der Waals surface area contributed by atoms with Gasteiger partial charge in [-0.1, -0.05) is 58.4 Å². The first-order valence-electron chi connectivity index (χ1n) is 11.9. The Hall–Kier alpha value is -2.91. The van der Waals surface area contributed by atoms with Gasteiger partial charge in [-0.05, 0) is 42.5 Å². The van der Waals surface area contributed by atoms with Crippen LogP contribution in [0.2, 0.25) is 0 Å². The molecule has 0 fully saturated rings. The van der Waals surface area contributed by atoms with Crippen molar-refractivity contribution in [3.05, 3.63) is 54.7 Å². The number of pyridine rings is 1. The van der Waals surface area contributed by atoms with Crippen molar-refractivity contribution < 1.29 is 19.6 Å². The van der Waals surface area contributed by atoms with E-state index in [2.05, 4.69) is 15.6 Å². The highest BCUT2D eigenvalue weighted by Crippen LogP contribution is 2.27. The number of nitrogens with one attached hydrogen (secondary N) is 2. The summed E-state index contributed by atoms with van der Waals surface area (Å²) in [7, 11) is 0. The summed E-state index contributed by atoms with van der Waals surface area (Å²) in [6, 6.07) is 13.2. The summed E-state index contributed by atoms with van der Waals surface area (Å²) in [4.78, 5) is 43.3. The number of nitrogens with zero attached hydrogens (tertiary/aromatic N) is 2. The van der Waals surface area contributed by atoms with Crippen molar-refractivity contribution in [2.75, 3.05) is 11.1 Å². The van der Waals surface area contributed by atoms with Crippen LogP contribution < -0.4 is 10.6 Å². The van der Waals surface area contributed by atoms with Gasteiger partial charge in [0.2, 0.25) is 18.2 Å². The minimum atomic E-state index is -0.796.